The van der Waals surface area contributed by atoms with Gasteiger partial charge in [0.15, 0.2) is 0 Å². The van der Waals surface area contributed by atoms with Gasteiger partial charge in [-0.3, -0.25) is 4.79 Å². The van der Waals surface area contributed by atoms with E-state index in [1.807, 2.05) is 32.0 Å². The molecular formula is C18H18FN3O2S. The molecule has 0 spiro atoms. The second-order valence-corrected chi connectivity index (χ2v) is 6.85. The Morgan fingerprint density at radius 3 is 2.64 bits per heavy atom. The number of carbonyl (C=O) groups is 1. The Bertz CT molecular complexity index is 907. The van der Waals surface area contributed by atoms with Crippen molar-refractivity contribution in [1.29, 1.82) is 0 Å². The minimum absolute atomic E-state index is 0.110. The highest BCUT2D eigenvalue weighted by Crippen LogP contribution is 2.27. The molecule has 25 heavy (non-hydrogen) atoms. The fourth-order valence-electron chi connectivity index (χ4n) is 2.57. The lowest BCUT2D eigenvalue weighted by Gasteiger charge is -2.09. The first kappa shape index (κ1) is 17.3. The Kier molecular flexibility index (Phi) is 4.94. The molecule has 0 saturated heterocycles. The number of anilines is 1. The number of nitrogens with one attached hydrogen (secondary N) is 1. The third-order valence-corrected chi connectivity index (χ3v) is 4.53. The predicted molar refractivity (Wildman–Crippen MR) is 97.3 cm³/mol. The molecule has 2 N–H and O–H groups in total. The summed E-state index contributed by atoms with van der Waals surface area (Å²) < 4.78 is 17.9. The van der Waals surface area contributed by atoms with Crippen LogP contribution in [0.25, 0.3) is 11.0 Å². The van der Waals surface area contributed by atoms with E-state index in [4.69, 9.17) is 5.11 Å². The minimum Gasteiger partial charge on any atom is -0.480 e. The van der Waals surface area contributed by atoms with Crippen molar-refractivity contribution in [3.63, 3.8) is 0 Å². The minimum atomic E-state index is -0.893. The molecule has 3 aromatic rings. The summed E-state index contributed by atoms with van der Waals surface area (Å²) in [7, 11) is 0. The van der Waals surface area contributed by atoms with Crippen LogP contribution in [0.4, 0.5) is 10.1 Å². The van der Waals surface area contributed by atoms with Gasteiger partial charge in [-0.25, -0.2) is 9.37 Å². The fourth-order valence-corrected chi connectivity index (χ4v) is 3.21. The zero-order valence-corrected chi connectivity index (χ0v) is 14.7. The molecular weight excluding hydrogens is 341 g/mol. The molecule has 0 fully saturated rings. The van der Waals surface area contributed by atoms with Gasteiger partial charge < -0.3 is 14.4 Å². The Hall–Kier alpha value is -2.54. The summed E-state index contributed by atoms with van der Waals surface area (Å²) in [6.45, 7) is 3.87. The maximum atomic E-state index is 12.9. The van der Waals surface area contributed by atoms with E-state index in [2.05, 4.69) is 9.71 Å². The number of nitrogens with zero attached hydrogens (tertiary/aromatic N) is 2. The summed E-state index contributed by atoms with van der Waals surface area (Å²) >= 11 is 1.37. The number of carboxylic acid groups (broad SMARTS) is 1. The fraction of sp³-hybridized carbons (Fsp3) is 0.222. The molecule has 5 nitrogen and oxygen atoms in total. The lowest BCUT2D eigenvalue weighted by molar-refractivity contribution is -0.137. The molecule has 2 aromatic carbocycles. The van der Waals surface area contributed by atoms with Crippen molar-refractivity contribution in [2.24, 2.45) is 0 Å². The van der Waals surface area contributed by atoms with Crippen molar-refractivity contribution in [1.82, 2.24) is 9.55 Å². The highest BCUT2D eigenvalue weighted by Gasteiger charge is 2.16. The molecule has 0 amide bonds. The van der Waals surface area contributed by atoms with E-state index in [-0.39, 0.29) is 18.3 Å². The molecule has 3 rings (SSSR count). The van der Waals surface area contributed by atoms with Gasteiger partial charge >= 0.3 is 5.97 Å². The van der Waals surface area contributed by atoms with Gasteiger partial charge in [0.05, 0.1) is 11.0 Å². The largest absolute Gasteiger partial charge is 0.480 e. The zero-order valence-electron chi connectivity index (χ0n) is 13.9. The Labute approximate surface area is 149 Å². The monoisotopic (exact) mass is 359 g/mol. The molecule has 1 heterocycles. The zero-order chi connectivity index (χ0) is 18.0. The van der Waals surface area contributed by atoms with Crippen LogP contribution in [0.1, 0.15) is 25.6 Å². The van der Waals surface area contributed by atoms with Crippen molar-refractivity contribution in [2.45, 2.75) is 31.2 Å². The predicted octanol–water partition coefficient (Wildman–Crippen LogP) is 4.50. The molecule has 0 radical (unpaired) electrons. The molecule has 0 saturated carbocycles. The smallest absolute Gasteiger partial charge is 0.323 e. The number of hydrogen-bond acceptors (Lipinski definition) is 4. The molecule has 0 unspecified atom stereocenters. The summed E-state index contributed by atoms with van der Waals surface area (Å²) in [5, 5.41) is 9.14. The highest BCUT2D eigenvalue weighted by atomic mass is 32.2. The van der Waals surface area contributed by atoms with Crippen LogP contribution in [0.5, 0.6) is 0 Å². The van der Waals surface area contributed by atoms with E-state index in [1.54, 1.807) is 16.7 Å². The van der Waals surface area contributed by atoms with Crippen LogP contribution in [-0.2, 0) is 11.3 Å². The van der Waals surface area contributed by atoms with Crippen molar-refractivity contribution < 1.29 is 14.3 Å². The van der Waals surface area contributed by atoms with E-state index in [1.165, 1.54) is 24.1 Å². The summed E-state index contributed by atoms with van der Waals surface area (Å²) in [5.74, 6) is -0.288. The average molecular weight is 359 g/mol. The van der Waals surface area contributed by atoms with Crippen LogP contribution in [0.2, 0.25) is 0 Å². The second-order valence-electron chi connectivity index (χ2n) is 5.97. The quantitative estimate of drug-likeness (QED) is 0.634. The van der Waals surface area contributed by atoms with Gasteiger partial charge in [-0.1, -0.05) is 13.8 Å². The average Bonchev–Trinajstić information content (AvgIpc) is 2.92. The van der Waals surface area contributed by atoms with E-state index >= 15 is 0 Å². The van der Waals surface area contributed by atoms with Gasteiger partial charge in [0.2, 0.25) is 0 Å². The van der Waals surface area contributed by atoms with E-state index in [0.717, 1.165) is 27.4 Å². The number of carboxylic acids is 1. The molecule has 7 heteroatoms. The molecule has 130 valence electrons. The number of benzene rings is 2. The first-order chi connectivity index (χ1) is 11.9. The topological polar surface area (TPSA) is 67.2 Å². The van der Waals surface area contributed by atoms with Crippen molar-refractivity contribution in [2.75, 3.05) is 4.72 Å². The van der Waals surface area contributed by atoms with Crippen LogP contribution >= 0.6 is 11.9 Å². The van der Waals surface area contributed by atoms with Gasteiger partial charge in [0.25, 0.3) is 0 Å². The molecule has 0 bridgehead atoms. The van der Waals surface area contributed by atoms with Crippen LogP contribution < -0.4 is 4.72 Å². The summed E-state index contributed by atoms with van der Waals surface area (Å²) in [6.07, 6.45) is 0. The van der Waals surface area contributed by atoms with E-state index in [0.29, 0.717) is 0 Å². The van der Waals surface area contributed by atoms with E-state index in [9.17, 15) is 9.18 Å². The lowest BCUT2D eigenvalue weighted by atomic mass is 10.2. The van der Waals surface area contributed by atoms with Crippen LogP contribution in [-0.4, -0.2) is 20.6 Å². The van der Waals surface area contributed by atoms with Gasteiger partial charge in [-0.2, -0.15) is 0 Å². The second kappa shape index (κ2) is 7.14. The maximum absolute atomic E-state index is 12.9. The van der Waals surface area contributed by atoms with Crippen molar-refractivity contribution >= 4 is 34.6 Å². The van der Waals surface area contributed by atoms with Crippen LogP contribution in [0.15, 0.2) is 47.4 Å². The SMILES string of the molecule is CC(C)c1nc2cc(NSc3ccc(F)cc3)ccc2n1CC(=O)O. The van der Waals surface area contributed by atoms with Gasteiger partial charge in [0, 0.05) is 16.5 Å². The van der Waals surface area contributed by atoms with Crippen molar-refractivity contribution in [3.8, 4) is 0 Å². The number of aliphatic carboxylic acids is 1. The summed E-state index contributed by atoms with van der Waals surface area (Å²) in [5.41, 5.74) is 2.38. The number of hydrogen-bond donors (Lipinski definition) is 2. The standard InChI is InChI=1S/C18H18FN3O2S/c1-11(2)18-20-15-9-13(5-8-16(15)22(18)10-17(23)24)21-25-14-6-3-12(19)4-7-14/h3-9,11,21H,10H2,1-2H3,(H,23,24). The first-order valence-corrected chi connectivity index (χ1v) is 8.66. The number of fused-ring (bicyclic) bond motifs is 1. The highest BCUT2D eigenvalue weighted by molar-refractivity contribution is 8.00. The molecule has 0 aliphatic heterocycles. The Balaban J connectivity index is 1.86. The third-order valence-electron chi connectivity index (χ3n) is 3.69. The van der Waals surface area contributed by atoms with Gasteiger partial charge in [-0.05, 0) is 54.4 Å². The summed E-state index contributed by atoms with van der Waals surface area (Å²) in [6, 6.07) is 11.9. The number of halogens is 1. The van der Waals surface area contributed by atoms with E-state index < -0.39 is 5.97 Å². The molecule has 0 aliphatic carbocycles. The van der Waals surface area contributed by atoms with Crippen LogP contribution in [0.3, 0.4) is 0 Å². The van der Waals surface area contributed by atoms with Crippen LogP contribution in [0, 0.1) is 5.82 Å². The summed E-state index contributed by atoms with van der Waals surface area (Å²) in [4.78, 5) is 16.6. The first-order valence-electron chi connectivity index (χ1n) is 7.84. The maximum Gasteiger partial charge on any atom is 0.323 e. The molecule has 0 aliphatic rings. The normalized spacial score (nSPS) is 11.2. The van der Waals surface area contributed by atoms with Gasteiger partial charge in [0.1, 0.15) is 18.2 Å². The lowest BCUT2D eigenvalue weighted by Crippen LogP contribution is -2.12. The number of rotatable bonds is 6. The Morgan fingerprint density at radius 2 is 2.00 bits per heavy atom. The number of imidazole rings is 1. The number of aromatic nitrogens is 2. The third kappa shape index (κ3) is 3.93. The Morgan fingerprint density at radius 1 is 1.28 bits per heavy atom. The van der Waals surface area contributed by atoms with Crippen molar-refractivity contribution in [3.05, 3.63) is 54.1 Å². The molecule has 1 aromatic heterocycles. The molecule has 0 atom stereocenters. The van der Waals surface area contributed by atoms with Gasteiger partial charge in [-0.15, -0.1) is 0 Å².